The zero-order chi connectivity index (χ0) is 18.4. The van der Waals surface area contributed by atoms with Crippen LogP contribution < -0.4 is 0 Å². The fraction of sp³-hybridized carbons (Fsp3) is 0.280. The molecule has 0 spiro atoms. The number of hydrogen-bond acceptors (Lipinski definition) is 1. The Hall–Kier alpha value is -2.38. The molecule has 1 aliphatic rings. The lowest BCUT2D eigenvalue weighted by Gasteiger charge is -2.37. The first kappa shape index (κ1) is 17.1. The Labute approximate surface area is 156 Å². The van der Waals surface area contributed by atoms with E-state index >= 15 is 0 Å². The summed E-state index contributed by atoms with van der Waals surface area (Å²) in [7, 11) is 0. The standard InChI is InChI=1S/C25H26O/c1-5-26-25(23-17-11-10-16-22(23)24(2,3)4)20-14-8-6-12-18(20)19-13-7-9-15-21(19)25/h6-17H,5H2,1-4H3. The fourth-order valence-corrected chi connectivity index (χ4v) is 4.38. The highest BCUT2D eigenvalue weighted by atomic mass is 16.5. The molecule has 1 aliphatic carbocycles. The Bertz CT molecular complexity index is 901. The van der Waals surface area contributed by atoms with E-state index in [4.69, 9.17) is 4.74 Å². The Morgan fingerprint density at radius 3 is 1.65 bits per heavy atom. The van der Waals surface area contributed by atoms with Crippen LogP contribution in [0.5, 0.6) is 0 Å². The van der Waals surface area contributed by atoms with Crippen LogP contribution in [0.4, 0.5) is 0 Å². The topological polar surface area (TPSA) is 9.23 Å². The van der Waals surface area contributed by atoms with Crippen molar-refractivity contribution in [2.45, 2.75) is 38.7 Å². The maximum atomic E-state index is 6.67. The molecule has 4 rings (SSSR count). The zero-order valence-electron chi connectivity index (χ0n) is 16.0. The molecule has 0 amide bonds. The maximum Gasteiger partial charge on any atom is 0.145 e. The van der Waals surface area contributed by atoms with Crippen molar-refractivity contribution in [3.63, 3.8) is 0 Å². The summed E-state index contributed by atoms with van der Waals surface area (Å²) in [6, 6.07) is 26.1. The van der Waals surface area contributed by atoms with Gasteiger partial charge in [0.25, 0.3) is 0 Å². The minimum Gasteiger partial charge on any atom is -0.361 e. The van der Waals surface area contributed by atoms with Crippen LogP contribution in [-0.4, -0.2) is 6.61 Å². The number of hydrogen-bond donors (Lipinski definition) is 0. The van der Waals surface area contributed by atoms with Gasteiger partial charge in [0.1, 0.15) is 5.60 Å². The average molecular weight is 342 g/mol. The van der Waals surface area contributed by atoms with Crippen LogP contribution >= 0.6 is 0 Å². The summed E-state index contributed by atoms with van der Waals surface area (Å²) in [5.41, 5.74) is 7.13. The molecule has 1 nitrogen and oxygen atoms in total. The van der Waals surface area contributed by atoms with Gasteiger partial charge in [-0.25, -0.2) is 0 Å². The van der Waals surface area contributed by atoms with Gasteiger partial charge in [0.15, 0.2) is 0 Å². The first-order valence-electron chi connectivity index (χ1n) is 9.43. The Kier molecular flexibility index (Phi) is 4.00. The third kappa shape index (κ3) is 2.34. The lowest BCUT2D eigenvalue weighted by atomic mass is 9.74. The van der Waals surface area contributed by atoms with E-state index in [0.717, 1.165) is 0 Å². The Morgan fingerprint density at radius 1 is 0.692 bits per heavy atom. The average Bonchev–Trinajstić information content (AvgIpc) is 2.93. The Balaban J connectivity index is 2.13. The molecule has 0 atom stereocenters. The summed E-state index contributed by atoms with van der Waals surface area (Å²) in [5, 5.41) is 0. The van der Waals surface area contributed by atoms with E-state index in [0.29, 0.717) is 6.61 Å². The van der Waals surface area contributed by atoms with Crippen molar-refractivity contribution in [3.8, 4) is 11.1 Å². The van der Waals surface area contributed by atoms with Crippen molar-refractivity contribution >= 4 is 0 Å². The second kappa shape index (κ2) is 6.10. The van der Waals surface area contributed by atoms with E-state index in [9.17, 15) is 0 Å². The minimum atomic E-state index is -0.550. The SMILES string of the molecule is CCOC1(c2ccccc2C(C)(C)C)c2ccccc2-c2ccccc21. The van der Waals surface area contributed by atoms with E-state index in [1.54, 1.807) is 0 Å². The summed E-state index contributed by atoms with van der Waals surface area (Å²) in [4.78, 5) is 0. The molecule has 132 valence electrons. The van der Waals surface area contributed by atoms with Crippen molar-refractivity contribution in [1.29, 1.82) is 0 Å². The van der Waals surface area contributed by atoms with Crippen molar-refractivity contribution in [2.24, 2.45) is 0 Å². The van der Waals surface area contributed by atoms with Crippen LogP contribution in [0, 0.1) is 0 Å². The minimum absolute atomic E-state index is 0.0349. The second-order valence-corrected chi connectivity index (χ2v) is 8.00. The highest BCUT2D eigenvalue weighted by Gasteiger charge is 2.47. The van der Waals surface area contributed by atoms with Gasteiger partial charge in [0, 0.05) is 17.7 Å². The van der Waals surface area contributed by atoms with Crippen molar-refractivity contribution in [3.05, 3.63) is 95.1 Å². The summed E-state index contributed by atoms with van der Waals surface area (Å²) >= 11 is 0. The smallest absolute Gasteiger partial charge is 0.145 e. The lowest BCUT2D eigenvalue weighted by Crippen LogP contribution is -2.34. The normalized spacial score (nSPS) is 14.8. The summed E-state index contributed by atoms with van der Waals surface area (Å²) in [6.45, 7) is 9.57. The first-order chi connectivity index (χ1) is 12.5. The molecule has 3 aromatic rings. The molecule has 0 unspecified atom stereocenters. The molecule has 0 heterocycles. The fourth-order valence-electron chi connectivity index (χ4n) is 4.38. The molecule has 0 saturated carbocycles. The molecule has 0 saturated heterocycles. The van der Waals surface area contributed by atoms with E-state index in [-0.39, 0.29) is 5.41 Å². The monoisotopic (exact) mass is 342 g/mol. The number of benzene rings is 3. The number of ether oxygens (including phenoxy) is 1. The summed E-state index contributed by atoms with van der Waals surface area (Å²) in [6.07, 6.45) is 0. The van der Waals surface area contributed by atoms with Crippen LogP contribution in [-0.2, 0) is 15.8 Å². The molecule has 0 N–H and O–H groups in total. The van der Waals surface area contributed by atoms with Crippen molar-refractivity contribution < 1.29 is 4.74 Å². The van der Waals surface area contributed by atoms with Crippen LogP contribution in [0.25, 0.3) is 11.1 Å². The molecule has 0 fully saturated rings. The second-order valence-electron chi connectivity index (χ2n) is 8.00. The molecule has 0 radical (unpaired) electrons. The number of fused-ring (bicyclic) bond motifs is 3. The van der Waals surface area contributed by atoms with Gasteiger partial charge >= 0.3 is 0 Å². The van der Waals surface area contributed by atoms with E-state index in [2.05, 4.69) is 100 Å². The quantitative estimate of drug-likeness (QED) is 0.543. The van der Waals surface area contributed by atoms with Crippen LogP contribution in [0.2, 0.25) is 0 Å². The molecule has 1 heteroatoms. The maximum absolute atomic E-state index is 6.67. The molecule has 0 bridgehead atoms. The molecule has 3 aromatic carbocycles. The van der Waals surface area contributed by atoms with Crippen LogP contribution in [0.3, 0.4) is 0 Å². The third-order valence-electron chi connectivity index (χ3n) is 5.38. The highest BCUT2D eigenvalue weighted by Crippen LogP contribution is 2.54. The molecule has 0 aliphatic heterocycles. The van der Waals surface area contributed by atoms with Crippen LogP contribution in [0.15, 0.2) is 72.8 Å². The Morgan fingerprint density at radius 2 is 1.15 bits per heavy atom. The summed E-state index contributed by atoms with van der Waals surface area (Å²) < 4.78 is 6.67. The molecular weight excluding hydrogens is 316 g/mol. The van der Waals surface area contributed by atoms with Gasteiger partial charge in [-0.3, -0.25) is 0 Å². The van der Waals surface area contributed by atoms with Gasteiger partial charge in [-0.05, 0) is 34.6 Å². The number of rotatable bonds is 3. The van der Waals surface area contributed by atoms with Gasteiger partial charge in [-0.1, -0.05) is 93.6 Å². The predicted octanol–water partition coefficient (Wildman–Crippen LogP) is 6.29. The van der Waals surface area contributed by atoms with Gasteiger partial charge in [0.2, 0.25) is 0 Å². The van der Waals surface area contributed by atoms with Crippen molar-refractivity contribution in [2.75, 3.05) is 6.61 Å². The van der Waals surface area contributed by atoms with Crippen LogP contribution in [0.1, 0.15) is 49.9 Å². The third-order valence-corrected chi connectivity index (χ3v) is 5.38. The summed E-state index contributed by atoms with van der Waals surface area (Å²) in [5.74, 6) is 0. The van der Waals surface area contributed by atoms with E-state index in [1.807, 2.05) is 0 Å². The first-order valence-corrected chi connectivity index (χ1v) is 9.43. The zero-order valence-corrected chi connectivity index (χ0v) is 16.0. The largest absolute Gasteiger partial charge is 0.361 e. The molecule has 26 heavy (non-hydrogen) atoms. The predicted molar refractivity (Wildman–Crippen MR) is 109 cm³/mol. The van der Waals surface area contributed by atoms with Crippen molar-refractivity contribution in [1.82, 2.24) is 0 Å². The van der Waals surface area contributed by atoms with Gasteiger partial charge < -0.3 is 4.74 Å². The lowest BCUT2D eigenvalue weighted by molar-refractivity contribution is 0.0237. The molecular formula is C25H26O. The highest BCUT2D eigenvalue weighted by molar-refractivity contribution is 5.82. The van der Waals surface area contributed by atoms with Gasteiger partial charge in [-0.15, -0.1) is 0 Å². The van der Waals surface area contributed by atoms with E-state index in [1.165, 1.54) is 33.4 Å². The van der Waals surface area contributed by atoms with Gasteiger partial charge in [-0.2, -0.15) is 0 Å². The van der Waals surface area contributed by atoms with E-state index < -0.39 is 5.60 Å². The molecule has 0 aromatic heterocycles. The van der Waals surface area contributed by atoms with Gasteiger partial charge in [0.05, 0.1) is 0 Å².